The van der Waals surface area contributed by atoms with Gasteiger partial charge in [0.2, 0.25) is 5.91 Å². The van der Waals surface area contributed by atoms with Gasteiger partial charge in [0.1, 0.15) is 0 Å². The number of hydrogen-bond donors (Lipinski definition) is 1. The zero-order valence-corrected chi connectivity index (χ0v) is 15.1. The van der Waals surface area contributed by atoms with Crippen LogP contribution in [0.25, 0.3) is 0 Å². The molecule has 1 atom stereocenters. The number of nitrogens with one attached hydrogen (secondary N) is 1. The van der Waals surface area contributed by atoms with E-state index >= 15 is 0 Å². The summed E-state index contributed by atoms with van der Waals surface area (Å²) in [4.78, 5) is 33.0. The van der Waals surface area contributed by atoms with E-state index in [0.29, 0.717) is 26.2 Å². The van der Waals surface area contributed by atoms with Gasteiger partial charge >= 0.3 is 0 Å². The van der Waals surface area contributed by atoms with Crippen LogP contribution in [0.5, 0.6) is 0 Å². The second kappa shape index (κ2) is 8.24. The van der Waals surface area contributed by atoms with Gasteiger partial charge in [-0.25, -0.2) is 0 Å². The summed E-state index contributed by atoms with van der Waals surface area (Å²) in [6.45, 7) is 10.6. The predicted molar refractivity (Wildman–Crippen MR) is 93.8 cm³/mol. The van der Waals surface area contributed by atoms with E-state index in [1.165, 1.54) is 0 Å². The lowest BCUT2D eigenvalue weighted by atomic mass is 10.1. The average molecular weight is 332 g/mol. The standard InChI is InChI=1S/C18H28N4O2/c1-5-15-12-19-7-6-16(15)18(24)22-10-8-21(9-11-22)14(4)17(23)20-13(2)3/h6-7,12-14H,5,8-11H2,1-4H3,(H,20,23)/t14-/m0/s1. The average Bonchev–Trinajstić information content (AvgIpc) is 2.60. The molecular formula is C18H28N4O2. The Bertz CT molecular complexity index is 580. The molecule has 0 aliphatic carbocycles. The number of aromatic nitrogens is 1. The number of piperazine rings is 1. The van der Waals surface area contributed by atoms with Crippen molar-refractivity contribution in [1.82, 2.24) is 20.1 Å². The molecular weight excluding hydrogens is 304 g/mol. The number of amides is 2. The number of aryl methyl sites for hydroxylation is 1. The van der Waals surface area contributed by atoms with E-state index in [1.54, 1.807) is 18.5 Å². The highest BCUT2D eigenvalue weighted by Gasteiger charge is 2.28. The molecule has 0 spiro atoms. The maximum atomic E-state index is 12.7. The van der Waals surface area contributed by atoms with Gasteiger partial charge in [0.15, 0.2) is 0 Å². The first-order chi connectivity index (χ1) is 11.4. The third-order valence-electron chi connectivity index (χ3n) is 4.47. The summed E-state index contributed by atoms with van der Waals surface area (Å²) in [5.41, 5.74) is 1.72. The molecule has 1 N–H and O–H groups in total. The summed E-state index contributed by atoms with van der Waals surface area (Å²) in [6, 6.07) is 1.77. The van der Waals surface area contributed by atoms with Crippen LogP contribution in [-0.2, 0) is 11.2 Å². The van der Waals surface area contributed by atoms with Crippen LogP contribution in [-0.4, -0.2) is 64.9 Å². The van der Waals surface area contributed by atoms with Crippen molar-refractivity contribution in [3.63, 3.8) is 0 Å². The van der Waals surface area contributed by atoms with E-state index in [-0.39, 0.29) is 23.9 Å². The molecule has 0 unspecified atom stereocenters. The Kier molecular flexibility index (Phi) is 6.31. The first kappa shape index (κ1) is 18.4. The van der Waals surface area contributed by atoms with Gasteiger partial charge in [-0.1, -0.05) is 6.92 Å². The minimum Gasteiger partial charge on any atom is -0.353 e. The molecule has 1 saturated heterocycles. The number of hydrogen-bond acceptors (Lipinski definition) is 4. The summed E-state index contributed by atoms with van der Waals surface area (Å²) in [5.74, 6) is 0.111. The van der Waals surface area contributed by atoms with E-state index in [0.717, 1.165) is 17.5 Å². The Morgan fingerprint density at radius 2 is 1.88 bits per heavy atom. The number of nitrogens with zero attached hydrogens (tertiary/aromatic N) is 3. The zero-order valence-electron chi connectivity index (χ0n) is 15.1. The summed E-state index contributed by atoms with van der Waals surface area (Å²) in [7, 11) is 0. The van der Waals surface area contributed by atoms with Gasteiger partial charge < -0.3 is 10.2 Å². The van der Waals surface area contributed by atoms with Crippen molar-refractivity contribution in [2.75, 3.05) is 26.2 Å². The van der Waals surface area contributed by atoms with E-state index in [1.807, 2.05) is 32.6 Å². The predicted octanol–water partition coefficient (Wildman–Crippen LogP) is 1.31. The highest BCUT2D eigenvalue weighted by atomic mass is 16.2. The third-order valence-corrected chi connectivity index (χ3v) is 4.47. The Balaban J connectivity index is 1.95. The summed E-state index contributed by atoms with van der Waals surface area (Å²) < 4.78 is 0. The fourth-order valence-corrected chi connectivity index (χ4v) is 2.97. The minimum absolute atomic E-state index is 0.0483. The first-order valence-corrected chi connectivity index (χ1v) is 8.70. The molecule has 0 bridgehead atoms. The van der Waals surface area contributed by atoms with Crippen molar-refractivity contribution in [3.05, 3.63) is 29.6 Å². The first-order valence-electron chi connectivity index (χ1n) is 8.70. The van der Waals surface area contributed by atoms with E-state index in [4.69, 9.17) is 0 Å². The van der Waals surface area contributed by atoms with Crippen molar-refractivity contribution < 1.29 is 9.59 Å². The van der Waals surface area contributed by atoms with Gasteiger partial charge in [0, 0.05) is 50.2 Å². The zero-order chi connectivity index (χ0) is 17.7. The Morgan fingerprint density at radius 3 is 2.46 bits per heavy atom. The van der Waals surface area contributed by atoms with Crippen molar-refractivity contribution in [2.45, 2.75) is 46.2 Å². The highest BCUT2D eigenvalue weighted by molar-refractivity contribution is 5.95. The molecule has 0 saturated carbocycles. The monoisotopic (exact) mass is 332 g/mol. The van der Waals surface area contributed by atoms with Crippen LogP contribution in [0.4, 0.5) is 0 Å². The molecule has 6 heteroatoms. The van der Waals surface area contributed by atoms with Crippen LogP contribution in [0.3, 0.4) is 0 Å². The minimum atomic E-state index is -0.170. The largest absolute Gasteiger partial charge is 0.353 e. The van der Waals surface area contributed by atoms with Crippen LogP contribution in [0.2, 0.25) is 0 Å². The molecule has 1 fully saturated rings. The van der Waals surface area contributed by atoms with E-state index in [9.17, 15) is 9.59 Å². The molecule has 1 aliphatic heterocycles. The number of pyridine rings is 1. The number of carbonyl (C=O) groups excluding carboxylic acids is 2. The fraction of sp³-hybridized carbons (Fsp3) is 0.611. The second-order valence-corrected chi connectivity index (χ2v) is 6.55. The lowest BCUT2D eigenvalue weighted by Gasteiger charge is -2.37. The number of rotatable bonds is 5. The fourth-order valence-electron chi connectivity index (χ4n) is 2.97. The molecule has 0 aromatic carbocycles. The second-order valence-electron chi connectivity index (χ2n) is 6.55. The summed E-state index contributed by atoms with van der Waals surface area (Å²) >= 11 is 0. The smallest absolute Gasteiger partial charge is 0.254 e. The molecule has 0 radical (unpaired) electrons. The molecule has 24 heavy (non-hydrogen) atoms. The van der Waals surface area contributed by atoms with Gasteiger partial charge in [-0.3, -0.25) is 19.5 Å². The molecule has 2 amide bonds. The molecule has 132 valence electrons. The van der Waals surface area contributed by atoms with Gasteiger partial charge in [-0.2, -0.15) is 0 Å². The molecule has 1 aromatic heterocycles. The summed E-state index contributed by atoms with van der Waals surface area (Å²) in [5, 5.41) is 2.95. The van der Waals surface area contributed by atoms with Crippen LogP contribution in [0.1, 0.15) is 43.6 Å². The van der Waals surface area contributed by atoms with E-state index < -0.39 is 0 Å². The molecule has 6 nitrogen and oxygen atoms in total. The van der Waals surface area contributed by atoms with Gasteiger partial charge in [0.25, 0.3) is 5.91 Å². The lowest BCUT2D eigenvalue weighted by Crippen LogP contribution is -2.55. The Labute approximate surface area is 144 Å². The van der Waals surface area contributed by atoms with E-state index in [2.05, 4.69) is 15.2 Å². The molecule has 1 aromatic rings. The molecule has 2 heterocycles. The van der Waals surface area contributed by atoms with Gasteiger partial charge in [-0.15, -0.1) is 0 Å². The molecule has 2 rings (SSSR count). The molecule has 1 aliphatic rings. The highest BCUT2D eigenvalue weighted by Crippen LogP contribution is 2.14. The number of carbonyl (C=O) groups is 2. The van der Waals surface area contributed by atoms with Crippen molar-refractivity contribution in [2.24, 2.45) is 0 Å². The van der Waals surface area contributed by atoms with Crippen LogP contribution in [0.15, 0.2) is 18.5 Å². The van der Waals surface area contributed by atoms with Crippen LogP contribution in [0, 0.1) is 0 Å². The normalized spacial score (nSPS) is 17.0. The maximum absolute atomic E-state index is 12.7. The Hall–Kier alpha value is -1.95. The SMILES string of the molecule is CCc1cnccc1C(=O)N1CCN([C@@H](C)C(=O)NC(C)C)CC1. The quantitative estimate of drug-likeness (QED) is 0.883. The van der Waals surface area contributed by atoms with Crippen molar-refractivity contribution in [3.8, 4) is 0 Å². The van der Waals surface area contributed by atoms with Crippen molar-refractivity contribution in [1.29, 1.82) is 0 Å². The Morgan fingerprint density at radius 1 is 1.21 bits per heavy atom. The third kappa shape index (κ3) is 4.32. The van der Waals surface area contributed by atoms with Crippen LogP contribution < -0.4 is 5.32 Å². The topological polar surface area (TPSA) is 65.5 Å². The lowest BCUT2D eigenvalue weighted by molar-refractivity contribution is -0.126. The summed E-state index contributed by atoms with van der Waals surface area (Å²) in [6.07, 6.45) is 4.23. The maximum Gasteiger partial charge on any atom is 0.254 e. The van der Waals surface area contributed by atoms with Crippen molar-refractivity contribution >= 4 is 11.8 Å². The van der Waals surface area contributed by atoms with Crippen LogP contribution >= 0.6 is 0 Å². The van der Waals surface area contributed by atoms with Gasteiger partial charge in [0.05, 0.1) is 6.04 Å². The van der Waals surface area contributed by atoms with Gasteiger partial charge in [-0.05, 0) is 38.8 Å².